The lowest BCUT2D eigenvalue weighted by molar-refractivity contribution is -0.116. The number of carbonyl (C=O) groups excluding carboxylic acids is 3. The fourth-order valence-electron chi connectivity index (χ4n) is 2.67. The summed E-state index contributed by atoms with van der Waals surface area (Å²) in [4.78, 5) is 36.4. The van der Waals surface area contributed by atoms with Crippen LogP contribution in [0.3, 0.4) is 0 Å². The number of ether oxygens (including phenoxy) is 2. The average molecular weight is 384 g/mol. The van der Waals surface area contributed by atoms with Crippen LogP contribution >= 0.6 is 11.3 Å². The first-order chi connectivity index (χ1) is 12.5. The van der Waals surface area contributed by atoms with Crippen molar-refractivity contribution in [3.8, 4) is 0 Å². The molecule has 0 fully saturated rings. The minimum Gasteiger partial charge on any atom is -0.465 e. The molecule has 1 amide bonds. The van der Waals surface area contributed by atoms with Gasteiger partial charge in [0.2, 0.25) is 5.91 Å². The fraction of sp³-hybridized carbons (Fsp3) is 0.632. The first kappa shape index (κ1) is 22.2. The number of thiophene rings is 1. The summed E-state index contributed by atoms with van der Waals surface area (Å²) < 4.78 is 9.51. The highest BCUT2D eigenvalue weighted by Crippen LogP contribution is 2.34. The number of esters is 2. The summed E-state index contributed by atoms with van der Waals surface area (Å²) in [6.07, 6.45) is 8.27. The number of rotatable bonds is 11. The van der Waals surface area contributed by atoms with Gasteiger partial charge in [-0.3, -0.25) is 4.79 Å². The van der Waals surface area contributed by atoms with E-state index in [0.717, 1.165) is 30.6 Å². The van der Waals surface area contributed by atoms with Crippen LogP contribution in [0, 0.1) is 6.92 Å². The summed E-state index contributed by atoms with van der Waals surface area (Å²) in [5, 5.41) is 3.08. The molecule has 0 radical (unpaired) electrons. The fourth-order valence-corrected chi connectivity index (χ4v) is 3.80. The van der Waals surface area contributed by atoms with Gasteiger partial charge in [-0.2, -0.15) is 0 Å². The van der Waals surface area contributed by atoms with Crippen LogP contribution < -0.4 is 5.32 Å². The zero-order valence-corrected chi connectivity index (χ0v) is 16.9. The summed E-state index contributed by atoms with van der Waals surface area (Å²) >= 11 is 1.04. The van der Waals surface area contributed by atoms with Crippen molar-refractivity contribution in [2.75, 3.05) is 19.5 Å². The van der Waals surface area contributed by atoms with Gasteiger partial charge in [0.25, 0.3) is 0 Å². The maximum Gasteiger partial charge on any atom is 0.348 e. The van der Waals surface area contributed by atoms with Crippen LogP contribution in [-0.2, 0) is 14.3 Å². The highest BCUT2D eigenvalue weighted by molar-refractivity contribution is 7.18. The molecule has 0 bridgehead atoms. The van der Waals surface area contributed by atoms with Crippen molar-refractivity contribution in [2.24, 2.45) is 0 Å². The maximum absolute atomic E-state index is 12.2. The van der Waals surface area contributed by atoms with Crippen molar-refractivity contribution >= 4 is 34.2 Å². The van der Waals surface area contributed by atoms with Gasteiger partial charge in [0.15, 0.2) is 0 Å². The molecule has 0 saturated heterocycles. The molecule has 1 aromatic rings. The second-order valence-electron chi connectivity index (χ2n) is 6.16. The van der Waals surface area contributed by atoms with Crippen LogP contribution in [0.2, 0.25) is 0 Å². The van der Waals surface area contributed by atoms with Gasteiger partial charge in [-0.1, -0.05) is 45.4 Å². The number of nitrogens with one attached hydrogen (secondary N) is 1. The summed E-state index contributed by atoms with van der Waals surface area (Å²) in [7, 11) is 2.54. The Kier molecular flexibility index (Phi) is 9.95. The first-order valence-electron chi connectivity index (χ1n) is 9.06. The Balaban J connectivity index is 2.66. The van der Waals surface area contributed by atoms with Gasteiger partial charge >= 0.3 is 11.9 Å². The predicted molar refractivity (Wildman–Crippen MR) is 103 cm³/mol. The molecule has 6 nitrogen and oxygen atoms in total. The predicted octanol–water partition coefficient (Wildman–Crippen LogP) is 4.71. The smallest absolute Gasteiger partial charge is 0.348 e. The molecule has 0 aliphatic heterocycles. The van der Waals surface area contributed by atoms with E-state index in [4.69, 9.17) is 9.47 Å². The van der Waals surface area contributed by atoms with Gasteiger partial charge in [0, 0.05) is 6.42 Å². The van der Waals surface area contributed by atoms with E-state index >= 15 is 0 Å². The zero-order valence-electron chi connectivity index (χ0n) is 16.1. The molecule has 0 aliphatic rings. The third-order valence-corrected chi connectivity index (χ3v) is 5.35. The second kappa shape index (κ2) is 11.7. The highest BCUT2D eigenvalue weighted by atomic mass is 32.1. The van der Waals surface area contributed by atoms with Gasteiger partial charge in [-0.15, -0.1) is 11.3 Å². The normalized spacial score (nSPS) is 10.5. The van der Waals surface area contributed by atoms with Crippen LogP contribution in [0.5, 0.6) is 0 Å². The van der Waals surface area contributed by atoms with E-state index in [-0.39, 0.29) is 11.5 Å². The molecule has 146 valence electrons. The Morgan fingerprint density at radius 2 is 1.50 bits per heavy atom. The van der Waals surface area contributed by atoms with Crippen molar-refractivity contribution in [1.82, 2.24) is 0 Å². The van der Waals surface area contributed by atoms with Crippen LogP contribution in [0.15, 0.2) is 0 Å². The average Bonchev–Trinajstić information content (AvgIpc) is 2.95. The Bertz CT molecular complexity index is 624. The Hall–Kier alpha value is -1.89. The molecule has 0 aromatic carbocycles. The standard InChI is InChI=1S/C19H29NO5S/c1-5-6-7-8-9-10-11-12-14(21)20-17-15(18(22)24-3)13(2)16(26-17)19(23)25-4/h5-12H2,1-4H3,(H,20,21). The van der Waals surface area contributed by atoms with Crippen molar-refractivity contribution in [2.45, 2.75) is 65.2 Å². The van der Waals surface area contributed by atoms with Crippen LogP contribution in [0.1, 0.15) is 83.9 Å². The van der Waals surface area contributed by atoms with Crippen molar-refractivity contribution < 1.29 is 23.9 Å². The van der Waals surface area contributed by atoms with Crippen molar-refractivity contribution in [1.29, 1.82) is 0 Å². The SMILES string of the molecule is CCCCCCCCCC(=O)Nc1sc(C(=O)OC)c(C)c1C(=O)OC. The summed E-state index contributed by atoms with van der Waals surface area (Å²) in [6, 6.07) is 0. The maximum atomic E-state index is 12.2. The largest absolute Gasteiger partial charge is 0.465 e. The number of hydrogen-bond acceptors (Lipinski definition) is 6. The number of methoxy groups -OCH3 is 2. The topological polar surface area (TPSA) is 81.7 Å². The molecule has 1 heterocycles. The number of carbonyl (C=O) groups is 3. The molecule has 1 aromatic heterocycles. The Morgan fingerprint density at radius 3 is 2.08 bits per heavy atom. The van der Waals surface area contributed by atoms with Crippen LogP contribution in [-0.4, -0.2) is 32.1 Å². The quantitative estimate of drug-likeness (QED) is 0.442. The number of amides is 1. The molecule has 0 unspecified atom stereocenters. The van der Waals surface area contributed by atoms with Gasteiger partial charge in [0.1, 0.15) is 9.88 Å². The van der Waals surface area contributed by atoms with Crippen molar-refractivity contribution in [3.63, 3.8) is 0 Å². The lowest BCUT2D eigenvalue weighted by atomic mass is 10.1. The molecule has 7 heteroatoms. The number of anilines is 1. The highest BCUT2D eigenvalue weighted by Gasteiger charge is 2.26. The first-order valence-corrected chi connectivity index (χ1v) is 9.87. The van der Waals surface area contributed by atoms with Gasteiger partial charge in [-0.05, 0) is 18.9 Å². The van der Waals surface area contributed by atoms with E-state index < -0.39 is 11.9 Å². The Labute approximate surface area is 159 Å². The molecular weight excluding hydrogens is 354 g/mol. The van der Waals surface area contributed by atoms with E-state index in [2.05, 4.69) is 12.2 Å². The molecule has 1 N–H and O–H groups in total. The monoisotopic (exact) mass is 383 g/mol. The summed E-state index contributed by atoms with van der Waals surface area (Å²) in [5.74, 6) is -1.29. The molecule has 0 atom stereocenters. The molecule has 0 saturated carbocycles. The number of unbranched alkanes of at least 4 members (excludes halogenated alkanes) is 6. The molecule has 0 spiro atoms. The van der Waals surface area contributed by atoms with Gasteiger partial charge in [0.05, 0.1) is 19.8 Å². The third-order valence-electron chi connectivity index (χ3n) is 4.17. The van der Waals surface area contributed by atoms with Crippen molar-refractivity contribution in [3.05, 3.63) is 16.0 Å². The molecule has 26 heavy (non-hydrogen) atoms. The third kappa shape index (κ3) is 6.44. The van der Waals surface area contributed by atoms with Crippen LogP contribution in [0.25, 0.3) is 0 Å². The second-order valence-corrected chi connectivity index (χ2v) is 7.18. The minimum atomic E-state index is -0.583. The van der Waals surface area contributed by atoms with E-state index in [1.54, 1.807) is 6.92 Å². The van der Waals surface area contributed by atoms with E-state index in [9.17, 15) is 14.4 Å². The Morgan fingerprint density at radius 1 is 0.923 bits per heavy atom. The zero-order chi connectivity index (χ0) is 19.5. The molecule has 1 rings (SSSR count). The lowest BCUT2D eigenvalue weighted by Crippen LogP contribution is -2.13. The summed E-state index contributed by atoms with van der Waals surface area (Å²) in [6.45, 7) is 3.83. The van der Waals surface area contributed by atoms with E-state index in [0.29, 0.717) is 21.9 Å². The molecule has 0 aliphatic carbocycles. The lowest BCUT2D eigenvalue weighted by Gasteiger charge is -2.06. The minimum absolute atomic E-state index is 0.165. The van der Waals surface area contributed by atoms with Gasteiger partial charge in [-0.25, -0.2) is 9.59 Å². The molecular formula is C19H29NO5S. The summed E-state index contributed by atoms with van der Waals surface area (Å²) in [5.41, 5.74) is 0.672. The van der Waals surface area contributed by atoms with E-state index in [1.165, 1.54) is 39.9 Å². The van der Waals surface area contributed by atoms with Gasteiger partial charge < -0.3 is 14.8 Å². The van der Waals surface area contributed by atoms with E-state index in [1.807, 2.05) is 0 Å². The van der Waals surface area contributed by atoms with Crippen LogP contribution in [0.4, 0.5) is 5.00 Å². The number of hydrogen-bond donors (Lipinski definition) is 1.